The number of hydrogen-bond acceptors (Lipinski definition) is 5. The van der Waals surface area contributed by atoms with Crippen LogP contribution < -0.4 is 0 Å². The number of aliphatic hydroxyl groups is 2. The summed E-state index contributed by atoms with van der Waals surface area (Å²) in [6.07, 6.45) is -2.04. The van der Waals surface area contributed by atoms with Crippen LogP contribution in [0.1, 0.15) is 23.6 Å². The lowest BCUT2D eigenvalue weighted by Crippen LogP contribution is -2.24. The second kappa shape index (κ2) is 6.86. The van der Waals surface area contributed by atoms with Crippen molar-refractivity contribution in [3.63, 3.8) is 0 Å². The summed E-state index contributed by atoms with van der Waals surface area (Å²) < 4.78 is 3.72. The molecule has 0 bridgehead atoms. The summed E-state index contributed by atoms with van der Waals surface area (Å²) >= 11 is 11.8. The van der Waals surface area contributed by atoms with E-state index < -0.39 is 12.5 Å². The standard InChI is InChI=1S/C16H14N2O2S3/c19-13(11-7-3-1-4-8-11)17-15(21)23-16(22)18(17)14(20)12-9-5-2-6-10-12/h1-10,13-14,19-20H/t13-,14-/m0/s1. The molecule has 0 fully saturated rings. The van der Waals surface area contributed by atoms with E-state index in [-0.39, 0.29) is 0 Å². The van der Waals surface area contributed by atoms with Crippen molar-refractivity contribution in [3.05, 3.63) is 79.7 Å². The molecule has 2 N–H and O–H groups in total. The van der Waals surface area contributed by atoms with Crippen molar-refractivity contribution in [2.24, 2.45) is 0 Å². The Hall–Kier alpha value is -1.64. The summed E-state index contributed by atoms with van der Waals surface area (Å²) in [6, 6.07) is 18.3. The highest BCUT2D eigenvalue weighted by Gasteiger charge is 2.21. The molecular weight excluding hydrogens is 348 g/mol. The number of aromatic nitrogens is 2. The van der Waals surface area contributed by atoms with Crippen LogP contribution >= 0.6 is 35.8 Å². The maximum atomic E-state index is 10.7. The van der Waals surface area contributed by atoms with Crippen molar-refractivity contribution in [3.8, 4) is 0 Å². The van der Waals surface area contributed by atoms with Crippen molar-refractivity contribution in [1.82, 2.24) is 9.36 Å². The largest absolute Gasteiger partial charge is 0.368 e. The van der Waals surface area contributed by atoms with E-state index in [2.05, 4.69) is 0 Å². The van der Waals surface area contributed by atoms with Crippen molar-refractivity contribution in [1.29, 1.82) is 0 Å². The summed E-state index contributed by atoms with van der Waals surface area (Å²) in [4.78, 5) is 0. The molecule has 7 heteroatoms. The highest BCUT2D eigenvalue weighted by atomic mass is 32.2. The van der Waals surface area contributed by atoms with Crippen molar-refractivity contribution >= 4 is 35.8 Å². The highest BCUT2D eigenvalue weighted by molar-refractivity contribution is 7.75. The van der Waals surface area contributed by atoms with E-state index in [0.717, 1.165) is 0 Å². The van der Waals surface area contributed by atoms with Gasteiger partial charge in [-0.25, -0.2) is 9.36 Å². The first kappa shape index (κ1) is 16.2. The van der Waals surface area contributed by atoms with Crippen LogP contribution in [-0.4, -0.2) is 19.6 Å². The van der Waals surface area contributed by atoms with Gasteiger partial charge in [-0.1, -0.05) is 72.0 Å². The maximum absolute atomic E-state index is 10.7. The molecule has 0 aliphatic heterocycles. The van der Waals surface area contributed by atoms with Gasteiger partial charge in [0.2, 0.25) is 0 Å². The van der Waals surface area contributed by atoms with Crippen LogP contribution in [0.4, 0.5) is 0 Å². The molecule has 0 saturated carbocycles. The molecule has 1 heterocycles. The second-order valence-corrected chi connectivity index (χ2v) is 7.16. The van der Waals surface area contributed by atoms with E-state index in [1.54, 1.807) is 24.3 Å². The van der Waals surface area contributed by atoms with Crippen molar-refractivity contribution in [2.45, 2.75) is 12.5 Å². The monoisotopic (exact) mass is 362 g/mol. The Morgan fingerprint density at radius 2 is 1.04 bits per heavy atom. The topological polar surface area (TPSA) is 50.3 Å². The Bertz CT molecular complexity index is 826. The minimum atomic E-state index is -1.02. The first-order chi connectivity index (χ1) is 11.1. The molecular formula is C16H14N2O2S3. The van der Waals surface area contributed by atoms with E-state index >= 15 is 0 Å². The SMILES string of the molecule is O[C@@H](c1ccccc1)n1c(=S)sc(=S)n1[C@@H](O)c1ccccc1. The van der Waals surface area contributed by atoms with Gasteiger partial charge in [-0.05, 0) is 24.4 Å². The lowest BCUT2D eigenvalue weighted by atomic mass is 10.2. The van der Waals surface area contributed by atoms with Crippen molar-refractivity contribution < 1.29 is 10.2 Å². The third kappa shape index (κ3) is 3.19. The zero-order valence-electron chi connectivity index (χ0n) is 11.9. The van der Waals surface area contributed by atoms with Crippen LogP contribution in [0, 0.1) is 7.91 Å². The molecule has 0 aliphatic carbocycles. The molecule has 118 valence electrons. The molecule has 23 heavy (non-hydrogen) atoms. The fourth-order valence-corrected chi connectivity index (χ4v) is 4.03. The lowest BCUT2D eigenvalue weighted by molar-refractivity contribution is 0.0557. The lowest BCUT2D eigenvalue weighted by Gasteiger charge is -2.21. The Labute approximate surface area is 147 Å². The zero-order valence-corrected chi connectivity index (χ0v) is 14.4. The zero-order chi connectivity index (χ0) is 16.4. The Morgan fingerprint density at radius 1 is 0.696 bits per heavy atom. The van der Waals surface area contributed by atoms with E-state index in [9.17, 15) is 10.2 Å². The summed E-state index contributed by atoms with van der Waals surface area (Å²) in [5.74, 6) is 0. The third-order valence-corrected chi connectivity index (χ3v) is 5.04. The molecule has 0 amide bonds. The predicted octanol–water partition coefficient (Wildman–Crippen LogP) is 3.89. The van der Waals surface area contributed by atoms with Gasteiger partial charge in [-0.15, -0.1) is 0 Å². The Balaban J connectivity index is 2.12. The van der Waals surface area contributed by atoms with Crippen molar-refractivity contribution in [2.75, 3.05) is 0 Å². The van der Waals surface area contributed by atoms with Crippen LogP contribution in [0.3, 0.4) is 0 Å². The molecule has 3 rings (SSSR count). The smallest absolute Gasteiger partial charge is 0.181 e. The molecule has 0 saturated heterocycles. The number of benzene rings is 2. The highest BCUT2D eigenvalue weighted by Crippen LogP contribution is 2.25. The van der Waals surface area contributed by atoms with Gasteiger partial charge in [0.15, 0.2) is 20.4 Å². The van der Waals surface area contributed by atoms with Gasteiger partial charge >= 0.3 is 0 Å². The first-order valence-corrected chi connectivity index (χ1v) is 8.53. The van der Waals surface area contributed by atoms with E-state index in [1.807, 2.05) is 36.4 Å². The number of nitrogens with zero attached hydrogens (tertiary/aromatic N) is 2. The van der Waals surface area contributed by atoms with Crippen LogP contribution in [-0.2, 0) is 0 Å². The van der Waals surface area contributed by atoms with Crippen LogP contribution in [0.15, 0.2) is 60.7 Å². The normalized spacial score (nSPS) is 13.7. The third-order valence-electron chi connectivity index (χ3n) is 3.44. The summed E-state index contributed by atoms with van der Waals surface area (Å²) in [5.41, 5.74) is 1.34. The average Bonchev–Trinajstić information content (AvgIpc) is 2.89. The molecule has 2 atom stereocenters. The predicted molar refractivity (Wildman–Crippen MR) is 95.6 cm³/mol. The molecule has 3 aromatic rings. The number of aliphatic hydroxyl groups excluding tert-OH is 2. The Kier molecular flexibility index (Phi) is 4.84. The van der Waals surface area contributed by atoms with Crippen LogP contribution in [0.2, 0.25) is 0 Å². The molecule has 0 radical (unpaired) electrons. The molecule has 1 aromatic heterocycles. The molecule has 0 unspecified atom stereocenters. The van der Waals surface area contributed by atoms with Gasteiger partial charge in [-0.2, -0.15) is 0 Å². The van der Waals surface area contributed by atoms with Gasteiger partial charge in [0.25, 0.3) is 0 Å². The molecule has 0 aliphatic rings. The van der Waals surface area contributed by atoms with Crippen LogP contribution in [0.25, 0.3) is 0 Å². The minimum absolute atomic E-state index is 0.404. The van der Waals surface area contributed by atoms with E-state index in [4.69, 9.17) is 24.4 Å². The van der Waals surface area contributed by atoms with E-state index in [0.29, 0.717) is 19.0 Å². The summed E-state index contributed by atoms with van der Waals surface area (Å²) in [6.45, 7) is 0. The van der Waals surface area contributed by atoms with E-state index in [1.165, 1.54) is 20.7 Å². The van der Waals surface area contributed by atoms with Crippen LogP contribution in [0.5, 0.6) is 0 Å². The summed E-state index contributed by atoms with van der Waals surface area (Å²) in [7, 11) is 0. The molecule has 2 aromatic carbocycles. The van der Waals surface area contributed by atoms with Gasteiger partial charge in [0.1, 0.15) is 0 Å². The minimum Gasteiger partial charge on any atom is -0.368 e. The number of hydrogen-bond donors (Lipinski definition) is 2. The maximum Gasteiger partial charge on any atom is 0.181 e. The van der Waals surface area contributed by atoms with Gasteiger partial charge in [0, 0.05) is 11.1 Å². The fraction of sp³-hybridized carbons (Fsp3) is 0.125. The van der Waals surface area contributed by atoms with Gasteiger partial charge < -0.3 is 10.2 Å². The fourth-order valence-electron chi connectivity index (χ4n) is 2.31. The first-order valence-electron chi connectivity index (χ1n) is 6.90. The number of rotatable bonds is 4. The quantitative estimate of drug-likeness (QED) is 0.692. The average molecular weight is 363 g/mol. The second-order valence-electron chi connectivity index (χ2n) is 4.89. The summed E-state index contributed by atoms with van der Waals surface area (Å²) in [5, 5.41) is 21.4. The Morgan fingerprint density at radius 3 is 1.39 bits per heavy atom. The van der Waals surface area contributed by atoms with Gasteiger partial charge in [-0.3, -0.25) is 0 Å². The molecule has 4 nitrogen and oxygen atoms in total. The molecule has 0 spiro atoms. The van der Waals surface area contributed by atoms with Gasteiger partial charge in [0.05, 0.1) is 0 Å².